The van der Waals surface area contributed by atoms with E-state index in [4.69, 9.17) is 0 Å². The fourth-order valence-electron chi connectivity index (χ4n) is 1.75. The Morgan fingerprint density at radius 3 is 2.76 bits per heavy atom. The quantitative estimate of drug-likeness (QED) is 0.757. The number of hydrogen-bond donors (Lipinski definition) is 1. The number of nitrogens with one attached hydrogen (secondary N) is 1. The first-order valence-corrected chi connectivity index (χ1v) is 6.66. The number of allylic oxidation sites excluding steroid dienone is 1. The lowest BCUT2D eigenvalue weighted by molar-refractivity contribution is 0.513. The second-order valence-corrected chi connectivity index (χ2v) is 5.13. The molecule has 0 fully saturated rings. The van der Waals surface area contributed by atoms with Gasteiger partial charge in [-0.3, -0.25) is 0 Å². The Hall–Kier alpha value is -0.670. The summed E-state index contributed by atoms with van der Waals surface area (Å²) in [5.41, 5.74) is 2.29. The largest absolute Gasteiger partial charge is 0.310 e. The fourth-order valence-corrected chi connectivity index (χ4v) is 2.15. The smallest absolute Gasteiger partial charge is 0.137 e. The van der Waals surface area contributed by atoms with Gasteiger partial charge in [-0.05, 0) is 59.9 Å². The average molecular weight is 300 g/mol. The molecule has 1 nitrogen and oxygen atoms in total. The molecular weight excluding hydrogens is 281 g/mol. The van der Waals surface area contributed by atoms with Crippen LogP contribution >= 0.6 is 15.9 Å². The van der Waals surface area contributed by atoms with Crippen molar-refractivity contribution in [3.8, 4) is 0 Å². The van der Waals surface area contributed by atoms with Gasteiger partial charge in [-0.1, -0.05) is 18.6 Å². The Balaban J connectivity index is 2.81. The molecule has 1 atom stereocenters. The van der Waals surface area contributed by atoms with Crippen molar-refractivity contribution in [3.63, 3.8) is 0 Å². The van der Waals surface area contributed by atoms with Crippen molar-refractivity contribution in [2.24, 2.45) is 0 Å². The highest BCUT2D eigenvalue weighted by atomic mass is 79.9. The highest BCUT2D eigenvalue weighted by molar-refractivity contribution is 9.10. The molecule has 1 aromatic carbocycles. The summed E-state index contributed by atoms with van der Waals surface area (Å²) < 4.78 is 13.7. The molecule has 17 heavy (non-hydrogen) atoms. The minimum Gasteiger partial charge on any atom is -0.310 e. The molecule has 0 aliphatic carbocycles. The van der Waals surface area contributed by atoms with Crippen LogP contribution in [0.1, 0.15) is 38.3 Å². The summed E-state index contributed by atoms with van der Waals surface area (Å²) in [4.78, 5) is 0. The maximum atomic E-state index is 13.2. The molecule has 94 valence electrons. The van der Waals surface area contributed by atoms with Crippen molar-refractivity contribution in [2.75, 3.05) is 6.54 Å². The number of benzene rings is 1. The van der Waals surface area contributed by atoms with Crippen LogP contribution < -0.4 is 5.32 Å². The lowest BCUT2D eigenvalue weighted by Gasteiger charge is -2.18. The lowest BCUT2D eigenvalue weighted by atomic mass is 10.00. The normalized spacial score (nSPS) is 12.5. The van der Waals surface area contributed by atoms with Crippen molar-refractivity contribution in [2.45, 2.75) is 32.7 Å². The van der Waals surface area contributed by atoms with E-state index in [0.717, 1.165) is 24.9 Å². The van der Waals surface area contributed by atoms with Crippen molar-refractivity contribution in [1.82, 2.24) is 5.32 Å². The van der Waals surface area contributed by atoms with Gasteiger partial charge >= 0.3 is 0 Å². The lowest BCUT2D eigenvalue weighted by Crippen LogP contribution is -2.21. The van der Waals surface area contributed by atoms with Gasteiger partial charge in [-0.2, -0.15) is 0 Å². The minimum absolute atomic E-state index is 0.219. The summed E-state index contributed by atoms with van der Waals surface area (Å²) in [6.45, 7) is 8.92. The summed E-state index contributed by atoms with van der Waals surface area (Å²) >= 11 is 3.23. The Morgan fingerprint density at radius 2 is 2.24 bits per heavy atom. The predicted molar refractivity (Wildman–Crippen MR) is 74.6 cm³/mol. The van der Waals surface area contributed by atoms with Crippen molar-refractivity contribution in [1.29, 1.82) is 0 Å². The van der Waals surface area contributed by atoms with E-state index in [1.54, 1.807) is 0 Å². The number of halogens is 2. The van der Waals surface area contributed by atoms with Crippen LogP contribution in [0, 0.1) is 5.82 Å². The molecule has 0 amide bonds. The van der Waals surface area contributed by atoms with Gasteiger partial charge < -0.3 is 5.32 Å². The molecule has 1 aromatic rings. The second kappa shape index (κ2) is 6.92. The molecule has 0 bridgehead atoms. The van der Waals surface area contributed by atoms with Gasteiger partial charge in [0, 0.05) is 6.04 Å². The van der Waals surface area contributed by atoms with E-state index in [9.17, 15) is 4.39 Å². The van der Waals surface area contributed by atoms with Crippen LogP contribution in [-0.2, 0) is 0 Å². The van der Waals surface area contributed by atoms with Gasteiger partial charge in [0.2, 0.25) is 0 Å². The summed E-state index contributed by atoms with van der Waals surface area (Å²) in [6, 6.07) is 5.45. The maximum Gasteiger partial charge on any atom is 0.137 e. The predicted octanol–water partition coefficient (Wildman–Crippen LogP) is 4.60. The summed E-state index contributed by atoms with van der Waals surface area (Å²) in [5, 5.41) is 3.42. The van der Waals surface area contributed by atoms with Crippen LogP contribution in [0.2, 0.25) is 0 Å². The number of hydrogen-bond acceptors (Lipinski definition) is 1. The molecule has 0 radical (unpaired) electrons. The molecule has 0 aromatic heterocycles. The van der Waals surface area contributed by atoms with Crippen molar-refractivity contribution >= 4 is 15.9 Å². The van der Waals surface area contributed by atoms with E-state index < -0.39 is 0 Å². The highest BCUT2D eigenvalue weighted by Gasteiger charge is 2.11. The Bertz CT molecular complexity index is 390. The summed E-state index contributed by atoms with van der Waals surface area (Å²) in [7, 11) is 0. The SMILES string of the molecule is C=C(C)CCC(NCC)c1ccc(F)c(Br)c1. The molecule has 1 unspecified atom stereocenters. The first-order chi connectivity index (χ1) is 8.04. The van der Waals surface area contributed by atoms with Crippen LogP contribution in [-0.4, -0.2) is 6.54 Å². The molecule has 0 heterocycles. The van der Waals surface area contributed by atoms with E-state index in [0.29, 0.717) is 4.47 Å². The molecule has 1 N–H and O–H groups in total. The van der Waals surface area contributed by atoms with Crippen LogP contribution in [0.4, 0.5) is 4.39 Å². The Morgan fingerprint density at radius 1 is 1.53 bits per heavy atom. The molecule has 1 rings (SSSR count). The van der Waals surface area contributed by atoms with Gasteiger partial charge in [0.25, 0.3) is 0 Å². The zero-order valence-corrected chi connectivity index (χ0v) is 12.0. The van der Waals surface area contributed by atoms with E-state index in [1.807, 2.05) is 19.1 Å². The third kappa shape index (κ3) is 4.60. The van der Waals surface area contributed by atoms with E-state index in [-0.39, 0.29) is 11.9 Å². The molecule has 0 spiro atoms. The highest BCUT2D eigenvalue weighted by Crippen LogP contribution is 2.25. The van der Waals surface area contributed by atoms with Gasteiger partial charge in [-0.15, -0.1) is 6.58 Å². The van der Waals surface area contributed by atoms with Gasteiger partial charge in [0.05, 0.1) is 4.47 Å². The van der Waals surface area contributed by atoms with E-state index in [2.05, 4.69) is 34.7 Å². The number of rotatable bonds is 6. The zero-order chi connectivity index (χ0) is 12.8. The van der Waals surface area contributed by atoms with Crippen LogP contribution in [0.3, 0.4) is 0 Å². The van der Waals surface area contributed by atoms with Crippen LogP contribution in [0.5, 0.6) is 0 Å². The topological polar surface area (TPSA) is 12.0 Å². The fraction of sp³-hybridized carbons (Fsp3) is 0.429. The van der Waals surface area contributed by atoms with Gasteiger partial charge in [-0.25, -0.2) is 4.39 Å². The van der Waals surface area contributed by atoms with E-state index in [1.165, 1.54) is 11.6 Å². The molecule has 0 aliphatic heterocycles. The standard InChI is InChI=1S/C14H19BrFN/c1-4-17-14(8-5-10(2)3)11-6-7-13(16)12(15)9-11/h6-7,9,14,17H,2,4-5,8H2,1,3H3. The third-order valence-corrected chi connectivity index (χ3v) is 3.26. The van der Waals surface area contributed by atoms with Crippen molar-refractivity contribution < 1.29 is 4.39 Å². The Labute approximate surface area is 111 Å². The van der Waals surface area contributed by atoms with Crippen molar-refractivity contribution in [3.05, 3.63) is 46.2 Å². The van der Waals surface area contributed by atoms with Gasteiger partial charge in [0.15, 0.2) is 0 Å². The molecule has 0 aliphatic rings. The van der Waals surface area contributed by atoms with Gasteiger partial charge in [0.1, 0.15) is 5.82 Å². The first-order valence-electron chi connectivity index (χ1n) is 5.87. The zero-order valence-electron chi connectivity index (χ0n) is 10.4. The molecular formula is C14H19BrFN. The third-order valence-electron chi connectivity index (χ3n) is 2.66. The first kappa shape index (κ1) is 14.4. The maximum absolute atomic E-state index is 13.2. The average Bonchev–Trinajstić information content (AvgIpc) is 2.28. The molecule has 0 saturated heterocycles. The second-order valence-electron chi connectivity index (χ2n) is 4.28. The summed E-state index contributed by atoms with van der Waals surface area (Å²) in [6.07, 6.45) is 1.97. The molecule has 3 heteroatoms. The molecule has 0 saturated carbocycles. The Kier molecular flexibility index (Phi) is 5.86. The van der Waals surface area contributed by atoms with Crippen LogP contribution in [0.15, 0.2) is 34.8 Å². The monoisotopic (exact) mass is 299 g/mol. The van der Waals surface area contributed by atoms with E-state index >= 15 is 0 Å². The minimum atomic E-state index is -0.219. The van der Waals surface area contributed by atoms with Crippen LogP contribution in [0.25, 0.3) is 0 Å². The summed E-state index contributed by atoms with van der Waals surface area (Å²) in [5.74, 6) is -0.219.